The van der Waals surface area contributed by atoms with Gasteiger partial charge in [-0.25, -0.2) is 4.39 Å². The number of benzene rings is 1. The van der Waals surface area contributed by atoms with Crippen molar-refractivity contribution in [1.82, 2.24) is 0 Å². The average Bonchev–Trinajstić information content (AvgIpc) is 2.27. The zero-order valence-corrected chi connectivity index (χ0v) is 11.1. The van der Waals surface area contributed by atoms with Gasteiger partial charge in [0.05, 0.1) is 24.9 Å². The van der Waals surface area contributed by atoms with Crippen LogP contribution in [0.4, 0.5) is 10.1 Å². The van der Waals surface area contributed by atoms with E-state index in [1.807, 2.05) is 6.07 Å². The van der Waals surface area contributed by atoms with Crippen LogP contribution >= 0.6 is 0 Å². The Morgan fingerprint density at radius 3 is 2.78 bits per heavy atom. The summed E-state index contributed by atoms with van der Waals surface area (Å²) >= 11 is 0. The first-order valence-electron chi connectivity index (χ1n) is 6.25. The van der Waals surface area contributed by atoms with Gasteiger partial charge in [0.15, 0.2) is 0 Å². The Morgan fingerprint density at radius 1 is 1.44 bits per heavy atom. The predicted molar refractivity (Wildman–Crippen MR) is 69.3 cm³/mol. The number of anilines is 1. The number of morpholine rings is 1. The second-order valence-electron chi connectivity index (χ2n) is 5.37. The van der Waals surface area contributed by atoms with Crippen molar-refractivity contribution in [3.05, 3.63) is 29.6 Å². The molecule has 100 valence electrons. The van der Waals surface area contributed by atoms with E-state index in [2.05, 4.69) is 18.7 Å². The quantitative estimate of drug-likeness (QED) is 0.879. The van der Waals surface area contributed by atoms with Gasteiger partial charge in [0.2, 0.25) is 0 Å². The number of nitrogens with zero attached hydrogens (tertiary/aromatic N) is 1. The van der Waals surface area contributed by atoms with E-state index in [1.165, 1.54) is 6.07 Å². The minimum Gasteiger partial charge on any atom is -0.389 e. The summed E-state index contributed by atoms with van der Waals surface area (Å²) in [6, 6.07) is 4.93. The van der Waals surface area contributed by atoms with Crippen LogP contribution in [0.15, 0.2) is 18.2 Å². The standard InChI is InChI=1S/C14H20FNO2/c1-10(17)13-11(15)5-4-6-12(13)16-7-8-18-9-14(16,2)3/h4-6,10,17H,7-9H2,1-3H3/t10-/m1/s1. The van der Waals surface area contributed by atoms with Crippen LogP contribution < -0.4 is 4.90 Å². The summed E-state index contributed by atoms with van der Waals surface area (Å²) in [5.41, 5.74) is 0.932. The number of halogens is 1. The van der Waals surface area contributed by atoms with Crippen LogP contribution in [-0.4, -0.2) is 30.4 Å². The summed E-state index contributed by atoms with van der Waals surface area (Å²) in [6.45, 7) is 7.64. The molecule has 1 heterocycles. The van der Waals surface area contributed by atoms with E-state index >= 15 is 0 Å². The maximum absolute atomic E-state index is 13.9. The fourth-order valence-corrected chi connectivity index (χ4v) is 2.48. The van der Waals surface area contributed by atoms with Crippen molar-refractivity contribution in [2.24, 2.45) is 0 Å². The van der Waals surface area contributed by atoms with Gasteiger partial charge in [-0.2, -0.15) is 0 Å². The van der Waals surface area contributed by atoms with Gasteiger partial charge in [0, 0.05) is 17.8 Å². The smallest absolute Gasteiger partial charge is 0.131 e. The van der Waals surface area contributed by atoms with Crippen molar-refractivity contribution in [2.45, 2.75) is 32.4 Å². The lowest BCUT2D eigenvalue weighted by Crippen LogP contribution is -2.53. The molecule has 4 heteroatoms. The second kappa shape index (κ2) is 4.86. The maximum Gasteiger partial charge on any atom is 0.131 e. The second-order valence-corrected chi connectivity index (χ2v) is 5.37. The minimum absolute atomic E-state index is 0.199. The van der Waals surface area contributed by atoms with Gasteiger partial charge in [-0.1, -0.05) is 6.07 Å². The molecule has 1 aromatic rings. The molecule has 0 bridgehead atoms. The lowest BCUT2D eigenvalue weighted by molar-refractivity contribution is 0.0638. The highest BCUT2D eigenvalue weighted by Gasteiger charge is 2.33. The number of aliphatic hydroxyl groups excluding tert-OH is 1. The third-order valence-corrected chi connectivity index (χ3v) is 3.38. The Kier molecular flexibility index (Phi) is 3.59. The minimum atomic E-state index is -0.820. The van der Waals surface area contributed by atoms with Gasteiger partial charge in [-0.05, 0) is 32.9 Å². The lowest BCUT2D eigenvalue weighted by atomic mass is 9.98. The molecule has 0 amide bonds. The Balaban J connectivity index is 2.47. The lowest BCUT2D eigenvalue weighted by Gasteiger charge is -2.44. The zero-order valence-electron chi connectivity index (χ0n) is 11.1. The van der Waals surface area contributed by atoms with E-state index in [0.717, 1.165) is 5.69 Å². The fraction of sp³-hybridized carbons (Fsp3) is 0.571. The Hall–Kier alpha value is -1.13. The molecular weight excluding hydrogens is 233 g/mol. The highest BCUT2D eigenvalue weighted by molar-refractivity contribution is 5.57. The van der Waals surface area contributed by atoms with Crippen molar-refractivity contribution in [3.63, 3.8) is 0 Å². The molecule has 1 fully saturated rings. The summed E-state index contributed by atoms with van der Waals surface area (Å²) in [7, 11) is 0. The molecule has 3 nitrogen and oxygen atoms in total. The van der Waals surface area contributed by atoms with Gasteiger partial charge in [-0.15, -0.1) is 0 Å². The predicted octanol–water partition coefficient (Wildman–Crippen LogP) is 2.49. The molecule has 0 aromatic heterocycles. The third-order valence-electron chi connectivity index (χ3n) is 3.38. The summed E-state index contributed by atoms with van der Waals surface area (Å²) in [5.74, 6) is -0.357. The van der Waals surface area contributed by atoms with Gasteiger partial charge < -0.3 is 14.7 Å². The van der Waals surface area contributed by atoms with E-state index in [0.29, 0.717) is 25.3 Å². The van der Waals surface area contributed by atoms with Crippen molar-refractivity contribution in [3.8, 4) is 0 Å². The van der Waals surface area contributed by atoms with Crippen LogP contribution in [0.1, 0.15) is 32.4 Å². The summed E-state index contributed by atoms with van der Waals surface area (Å²) in [6.07, 6.45) is -0.820. The number of rotatable bonds is 2. The molecule has 18 heavy (non-hydrogen) atoms. The van der Waals surface area contributed by atoms with Crippen LogP contribution in [0.25, 0.3) is 0 Å². The van der Waals surface area contributed by atoms with Gasteiger partial charge >= 0.3 is 0 Å². The average molecular weight is 253 g/mol. The topological polar surface area (TPSA) is 32.7 Å². The van der Waals surface area contributed by atoms with E-state index < -0.39 is 6.10 Å². The molecule has 2 rings (SSSR count). The Labute approximate surface area is 107 Å². The highest BCUT2D eigenvalue weighted by atomic mass is 19.1. The van der Waals surface area contributed by atoms with Crippen molar-refractivity contribution in [2.75, 3.05) is 24.7 Å². The van der Waals surface area contributed by atoms with Crippen LogP contribution in [0.5, 0.6) is 0 Å². The molecule has 1 aliphatic rings. The van der Waals surface area contributed by atoms with Crippen molar-refractivity contribution >= 4 is 5.69 Å². The summed E-state index contributed by atoms with van der Waals surface area (Å²) in [4.78, 5) is 2.11. The Bertz CT molecular complexity index is 432. The summed E-state index contributed by atoms with van der Waals surface area (Å²) in [5, 5.41) is 9.79. The molecule has 0 saturated carbocycles. The molecule has 0 spiro atoms. The molecule has 1 aromatic carbocycles. The maximum atomic E-state index is 13.9. The molecule has 1 aliphatic heterocycles. The first kappa shape index (κ1) is 13.3. The van der Waals surface area contributed by atoms with E-state index in [1.54, 1.807) is 13.0 Å². The molecule has 0 unspecified atom stereocenters. The monoisotopic (exact) mass is 253 g/mol. The van der Waals surface area contributed by atoms with E-state index in [4.69, 9.17) is 4.74 Å². The normalized spacial score (nSPS) is 20.8. The number of aliphatic hydroxyl groups is 1. The van der Waals surface area contributed by atoms with Crippen LogP contribution in [-0.2, 0) is 4.74 Å². The first-order chi connectivity index (χ1) is 8.43. The molecule has 1 atom stereocenters. The van der Waals surface area contributed by atoms with Crippen LogP contribution in [0.3, 0.4) is 0 Å². The summed E-state index contributed by atoms with van der Waals surface area (Å²) < 4.78 is 19.4. The number of ether oxygens (including phenoxy) is 1. The first-order valence-corrected chi connectivity index (χ1v) is 6.25. The Morgan fingerprint density at radius 2 is 2.17 bits per heavy atom. The molecule has 0 aliphatic carbocycles. The largest absolute Gasteiger partial charge is 0.389 e. The molecule has 1 N–H and O–H groups in total. The highest BCUT2D eigenvalue weighted by Crippen LogP contribution is 2.34. The van der Waals surface area contributed by atoms with Crippen molar-refractivity contribution in [1.29, 1.82) is 0 Å². The van der Waals surface area contributed by atoms with Gasteiger partial charge in [0.25, 0.3) is 0 Å². The SMILES string of the molecule is C[C@@H](O)c1c(F)cccc1N1CCOCC1(C)C. The van der Waals surface area contributed by atoms with Gasteiger partial charge in [-0.3, -0.25) is 0 Å². The molecule has 1 saturated heterocycles. The van der Waals surface area contributed by atoms with Crippen LogP contribution in [0.2, 0.25) is 0 Å². The number of hydrogen-bond acceptors (Lipinski definition) is 3. The molecule has 0 radical (unpaired) electrons. The third kappa shape index (κ3) is 2.35. The number of hydrogen-bond donors (Lipinski definition) is 1. The van der Waals surface area contributed by atoms with Crippen LogP contribution in [0, 0.1) is 5.82 Å². The van der Waals surface area contributed by atoms with Gasteiger partial charge in [0.1, 0.15) is 5.82 Å². The zero-order chi connectivity index (χ0) is 13.3. The fourth-order valence-electron chi connectivity index (χ4n) is 2.48. The molecular formula is C14H20FNO2. The van der Waals surface area contributed by atoms with E-state index in [9.17, 15) is 9.50 Å². The van der Waals surface area contributed by atoms with Crippen molar-refractivity contribution < 1.29 is 14.2 Å². The van der Waals surface area contributed by atoms with E-state index in [-0.39, 0.29) is 11.4 Å².